The molecule has 0 radical (unpaired) electrons. The zero-order chi connectivity index (χ0) is 63.7. The van der Waals surface area contributed by atoms with E-state index in [1.165, 1.54) is 37.1 Å². The van der Waals surface area contributed by atoms with Gasteiger partial charge in [-0.3, -0.25) is 38.9 Å². The van der Waals surface area contributed by atoms with E-state index in [0.717, 1.165) is 51.4 Å². The van der Waals surface area contributed by atoms with Gasteiger partial charge in [0.25, 0.3) is 6.17 Å². The van der Waals surface area contributed by atoms with Crippen molar-refractivity contribution in [2.24, 2.45) is 0 Å². The molecule has 86 heavy (non-hydrogen) atoms. The van der Waals surface area contributed by atoms with Gasteiger partial charge in [-0.05, 0) is 64.8 Å². The number of nitrogens with one attached hydrogen (secondary N) is 7. The Hall–Kier alpha value is -6.63. The number of nitrogens with zero attached hydrogens (tertiary/aromatic N) is 2. The molecular formula is C56H106N9O21+. The third-order valence-corrected chi connectivity index (χ3v) is 13.9. The number of aliphatic carboxylic acids is 5. The van der Waals surface area contributed by atoms with Gasteiger partial charge in [0, 0.05) is 63.9 Å². The largest absolute Gasteiger partial charge is 0.481 e. The lowest BCUT2D eigenvalue weighted by molar-refractivity contribution is -0.740. The average molecular weight is 1240 g/mol. The predicted molar refractivity (Wildman–Crippen MR) is 316 cm³/mol. The van der Waals surface area contributed by atoms with Gasteiger partial charge in [0.15, 0.2) is 6.04 Å². The Balaban J connectivity index is -0.00000924. The number of amides is 6. The quantitative estimate of drug-likeness (QED) is 0.0237. The molecule has 0 unspecified atom stereocenters. The molecule has 1 heterocycles. The van der Waals surface area contributed by atoms with Crippen LogP contribution in [0.2, 0.25) is 0 Å². The van der Waals surface area contributed by atoms with E-state index in [2.05, 4.69) is 37.2 Å². The molecule has 12 N–H and O–H groups in total. The lowest BCUT2D eigenvalue weighted by Crippen LogP contribution is -2.50. The first-order valence-corrected chi connectivity index (χ1v) is 30.3. The number of unbranched alkanes of at least 4 members (excludes halogenated alkanes) is 14. The van der Waals surface area contributed by atoms with Crippen molar-refractivity contribution in [2.75, 3.05) is 86.1 Å². The average Bonchev–Trinajstić information content (AvgIpc) is 2.40. The van der Waals surface area contributed by atoms with E-state index in [1.807, 2.05) is 0 Å². The van der Waals surface area contributed by atoms with Crippen molar-refractivity contribution in [1.29, 1.82) is 0 Å². The number of hydrogen-bond acceptors (Lipinski definition) is 17. The molecule has 0 aromatic carbocycles. The van der Waals surface area contributed by atoms with Crippen LogP contribution < -0.4 is 37.2 Å². The van der Waals surface area contributed by atoms with Crippen LogP contribution in [-0.4, -0.2) is 217 Å². The molecule has 1 rings (SSSR count). The monoisotopic (exact) mass is 1240 g/mol. The second kappa shape index (κ2) is 49.5. The van der Waals surface area contributed by atoms with Gasteiger partial charge in [0.2, 0.25) is 35.4 Å². The second-order valence-electron chi connectivity index (χ2n) is 21.0. The van der Waals surface area contributed by atoms with Crippen molar-refractivity contribution >= 4 is 65.3 Å². The van der Waals surface area contributed by atoms with Crippen LogP contribution in [0.3, 0.4) is 0 Å². The van der Waals surface area contributed by atoms with Gasteiger partial charge < -0.3 is 76.4 Å². The molecule has 1 fully saturated rings. The third-order valence-electron chi connectivity index (χ3n) is 13.9. The molecule has 30 heteroatoms. The number of carboxylic acid groups (broad SMARTS) is 5. The molecule has 6 amide bonds. The highest BCUT2D eigenvalue weighted by Crippen LogP contribution is 2.20. The minimum Gasteiger partial charge on any atom is -0.481 e. The van der Waals surface area contributed by atoms with Crippen molar-refractivity contribution in [3.63, 3.8) is 0 Å². The Labute approximate surface area is 508 Å². The highest BCUT2D eigenvalue weighted by molar-refractivity contribution is 5.87. The standard InChI is InChI=1S/C56H97N9O21.4H2/c1-57-45(65(82)64-32-18-19-44(64)56(80)81)20-16-17-29-58-46(66)26-23-42(54(76)77)62-49(69)28-25-43(55(78)79)63-51(71)40-86-38-36-84-34-31-60-50(70)39-85-37-35-83-33-30-59-47(67)27-24-41(53(74)75)61-48(68)21-14-12-10-8-6-4-2-3-5-7-9-11-13-15-22-52(72)73;;;;/h41-45,57H,2-40H2,1H3,(H10-,58,59,60,61,62,63,66,67,68,69,70,71,72,73,74,75,76,77,78,79,80,81);4*1H/p+1/t41-,42-,43-,44-,45+;;;;/m0..../s1. The summed E-state index contributed by atoms with van der Waals surface area (Å²) in [6.45, 7) is 0.445. The zero-order valence-electron chi connectivity index (χ0n) is 50.1. The Bertz CT molecular complexity index is 2080. The summed E-state index contributed by atoms with van der Waals surface area (Å²) < 4.78 is 21.2. The summed E-state index contributed by atoms with van der Waals surface area (Å²) in [5, 5.41) is 65.8. The lowest BCUT2D eigenvalue weighted by Gasteiger charge is -2.18. The van der Waals surface area contributed by atoms with Crippen LogP contribution in [0, 0.1) is 4.91 Å². The van der Waals surface area contributed by atoms with E-state index in [-0.39, 0.29) is 122 Å². The summed E-state index contributed by atoms with van der Waals surface area (Å²) in [5.74, 6) is -9.16. The molecule has 0 aliphatic carbocycles. The van der Waals surface area contributed by atoms with Gasteiger partial charge in [-0.1, -0.05) is 77.0 Å². The first-order valence-electron chi connectivity index (χ1n) is 30.3. The minimum absolute atomic E-state index is 0. The molecule has 30 nitrogen and oxygen atoms in total. The predicted octanol–water partition coefficient (Wildman–Crippen LogP) is 2.72. The van der Waals surface area contributed by atoms with Crippen molar-refractivity contribution in [2.45, 2.75) is 204 Å². The maximum absolute atomic E-state index is 12.8. The van der Waals surface area contributed by atoms with Gasteiger partial charge in [-0.25, -0.2) is 19.2 Å². The summed E-state index contributed by atoms with van der Waals surface area (Å²) >= 11 is 0. The van der Waals surface area contributed by atoms with Crippen molar-refractivity contribution in [3.05, 3.63) is 4.91 Å². The van der Waals surface area contributed by atoms with Crippen LogP contribution in [0.4, 0.5) is 0 Å². The first-order chi connectivity index (χ1) is 41.2. The van der Waals surface area contributed by atoms with Crippen LogP contribution >= 0.6 is 0 Å². The Morgan fingerprint density at radius 1 is 0.453 bits per heavy atom. The Morgan fingerprint density at radius 2 is 0.849 bits per heavy atom. The first kappa shape index (κ1) is 77.4. The van der Waals surface area contributed by atoms with Crippen LogP contribution in [0.1, 0.15) is 179 Å². The van der Waals surface area contributed by atoms with Crippen LogP contribution in [-0.2, 0) is 71.7 Å². The van der Waals surface area contributed by atoms with Gasteiger partial charge >= 0.3 is 29.8 Å². The molecule has 0 saturated carbocycles. The number of carbonyl (C=O) groups excluding carboxylic acids is 6. The fraction of sp³-hybridized carbons (Fsp3) is 0.804. The molecule has 5 atom stereocenters. The van der Waals surface area contributed by atoms with Crippen molar-refractivity contribution in [1.82, 2.24) is 42.2 Å². The molecular weight excluding hydrogens is 1130 g/mol. The van der Waals surface area contributed by atoms with Crippen LogP contribution in [0.25, 0.3) is 0 Å². The van der Waals surface area contributed by atoms with E-state index >= 15 is 0 Å². The van der Waals surface area contributed by atoms with Gasteiger partial charge in [-0.2, -0.15) is 0 Å². The normalized spacial score (nSPS) is 14.2. The summed E-state index contributed by atoms with van der Waals surface area (Å²) in [7, 11) is 1.59. The smallest absolute Gasteiger partial charge is 0.332 e. The summed E-state index contributed by atoms with van der Waals surface area (Å²) in [4.78, 5) is 145. The van der Waals surface area contributed by atoms with Gasteiger partial charge in [-0.15, -0.1) is 5.01 Å². The van der Waals surface area contributed by atoms with Crippen LogP contribution in [0.5, 0.6) is 0 Å². The molecule has 1 saturated heterocycles. The SMILES string of the molecule is CN[C@@H](CCCCNC(=O)CC[C@H](NC(=O)CC[C@H](NC(=O)COCCOCCNC(=O)COCCOCCNC(=O)CC[C@H](NC(=O)CCCCCCCCCCCCCCCCC(=O)O)C(=O)O)C(=O)O)C(=O)O)[N+](=O)N1CCC[C@H]1C(=O)O.[HH].[HH].[HH].[HH]. The number of ether oxygens (including phenoxy) is 4. The summed E-state index contributed by atoms with van der Waals surface area (Å²) in [5.41, 5.74) is 0. The molecule has 0 aromatic heterocycles. The molecule has 0 spiro atoms. The number of hydrogen-bond donors (Lipinski definition) is 12. The molecule has 1 aliphatic rings. The van der Waals surface area contributed by atoms with E-state index in [1.54, 1.807) is 7.05 Å². The van der Waals surface area contributed by atoms with Crippen molar-refractivity contribution < 1.29 is 108 Å². The molecule has 500 valence electrons. The maximum atomic E-state index is 12.8. The van der Waals surface area contributed by atoms with Gasteiger partial charge in [0.05, 0.1) is 51.1 Å². The van der Waals surface area contributed by atoms with Crippen LogP contribution in [0.15, 0.2) is 0 Å². The highest BCUT2D eigenvalue weighted by atomic mass is 16.5. The fourth-order valence-electron chi connectivity index (χ4n) is 9.05. The maximum Gasteiger partial charge on any atom is 0.332 e. The minimum atomic E-state index is -1.51. The molecule has 0 bridgehead atoms. The van der Waals surface area contributed by atoms with Gasteiger partial charge in [0.1, 0.15) is 36.2 Å². The number of hydrazine groups is 1. The second-order valence-corrected chi connectivity index (χ2v) is 21.0. The summed E-state index contributed by atoms with van der Waals surface area (Å²) in [6.07, 6.45) is 15.3. The Kier molecular flexibility index (Phi) is 44.5. The fourth-order valence-corrected chi connectivity index (χ4v) is 9.05. The molecule has 0 aromatic rings. The number of nitroso groups, excluding NO2 is 1. The Morgan fingerprint density at radius 3 is 1.30 bits per heavy atom. The highest BCUT2D eigenvalue weighted by Gasteiger charge is 2.43. The summed E-state index contributed by atoms with van der Waals surface area (Å²) in [6, 6.07) is -5.03. The lowest BCUT2D eigenvalue weighted by atomic mass is 10.0. The topological polar surface area (TPSA) is 433 Å². The number of carbonyl (C=O) groups is 11. The zero-order valence-corrected chi connectivity index (χ0v) is 50.1. The molecule has 1 aliphatic heterocycles. The number of rotatable bonds is 57. The van der Waals surface area contributed by atoms with Crippen molar-refractivity contribution in [3.8, 4) is 0 Å². The number of carboxylic acids is 5. The van der Waals surface area contributed by atoms with E-state index in [4.69, 9.17) is 24.1 Å². The third kappa shape index (κ3) is 40.6. The van der Waals surface area contributed by atoms with E-state index in [0.29, 0.717) is 49.9 Å². The van der Waals surface area contributed by atoms with E-state index in [9.17, 15) is 78.1 Å². The van der Waals surface area contributed by atoms with E-state index < -0.39 is 103 Å².